The summed E-state index contributed by atoms with van der Waals surface area (Å²) in [6.45, 7) is 42.2. The summed E-state index contributed by atoms with van der Waals surface area (Å²) < 4.78 is 94.5. The first-order valence-electron chi connectivity index (χ1n) is 44.3. The van der Waals surface area contributed by atoms with Crippen molar-refractivity contribution in [2.24, 2.45) is 0 Å². The standard InChI is InChI=1S/C21H14F6N6.2C21H14N8.2C21H20N6.5Pt/c1-19(2,13-5-3-7-17(30-13)32-11-28-9-15(32)20(22,23)24)14-6-4-8-18(31-14)33-12-29-10-16(33)21(25,26)27;1-21(2,16-6-4-8-19(26-16)28-11-15(10-22)24-13-28)17-7-5-9-20(27-17)29-12-18(23-3)25-14-29;1-21(2,16-6-4-8-18(26-16)28-13-24-11-15(28)10-22)17-7-5-9-19(27-17)29-14-25-12-20(29)23-3;1-15-11-26(13-22-15)19-9-5-7-17(24-19)21(3,4)18-8-6-10-20(25-18)27-12-16(2)23-14-27;1-15-11-22-13-26(15)19-9-5-7-17(24-19)21(3,4)18-8-6-10-20(25-18)27-14-23-12-16(27)2;;;;;/h3-10H,1-2H3;2*4-9,11-12H,1-2H3;2*5-12H,1-4H3;;;;;/q5*-2;5*+2. The SMILES string of the molecule is CC(C)(c1cccc(-n2[c-]ncc2C(F)(F)F)n1)c1cccc(-n2[c-]ncc2C(F)(F)F)n1.Cc1cn(-c2cccc(C(C)(C)c3cccc(-n4[c-]nc(C)c4)n3)n2)[c-]n1.Cc1cn[c-]n1-c1cccc(C(C)(C)c2cccc(-n3[c-]ncc3C)n2)n1.[C-]#[N+]c1cn(-c2cccc(C(C)(C)c3cccc(-n4[c-]nc(C#N)c4)n3)n2)[c-]n1.[C-]#[N+]c1cn[c-]n1-c1cccc(C(C)(C)c2cccc(-n3[c-]ncc3C#N)n2)n1.[Pt+2].[Pt+2].[Pt+2].[Pt+2].[Pt+2]. The minimum atomic E-state index is -4.66. The molecule has 0 saturated heterocycles. The zero-order valence-electron chi connectivity index (χ0n) is 81.6. The Morgan fingerprint density at radius 1 is 0.273 bits per heavy atom. The topological polar surface area (TPSA) is 363 Å². The number of aromatic nitrogens is 30. The predicted octanol–water partition coefficient (Wildman–Crippen LogP) is 18.0. The van der Waals surface area contributed by atoms with Gasteiger partial charge in [-0.3, -0.25) is 54.4 Å². The number of pyridine rings is 10. The molecule has 0 aliphatic heterocycles. The fraction of sp³-hybridized carbons (Fsp3) is 0.200. The summed E-state index contributed by atoms with van der Waals surface area (Å²) in [6.07, 6.45) is 32.7. The second kappa shape index (κ2) is 48.3. The maximum atomic E-state index is 13.3. The molecule has 20 aromatic heterocycles. The Balaban J connectivity index is 0.000000177. The minimum absolute atomic E-state index is 0. The van der Waals surface area contributed by atoms with Gasteiger partial charge in [-0.15, -0.1) is 4.98 Å². The Bertz CT molecular complexity index is 7780. The zero-order chi connectivity index (χ0) is 103. The van der Waals surface area contributed by atoms with Crippen LogP contribution < -0.4 is 0 Å². The molecule has 0 aliphatic rings. The van der Waals surface area contributed by atoms with Crippen molar-refractivity contribution in [1.82, 2.24) is 145 Å². The number of hydrogen-bond donors (Lipinski definition) is 0. The van der Waals surface area contributed by atoms with Crippen LogP contribution >= 0.6 is 0 Å². The number of nitrogens with zero attached hydrogens (tertiary/aromatic N) is 34. The fourth-order valence-corrected chi connectivity index (χ4v) is 14.9. The Morgan fingerprint density at radius 3 is 0.807 bits per heavy atom. The van der Waals surface area contributed by atoms with Gasteiger partial charge in [-0.1, -0.05) is 228 Å². The van der Waals surface area contributed by atoms with Crippen LogP contribution in [0.25, 0.3) is 67.9 Å². The van der Waals surface area contributed by atoms with Gasteiger partial charge in [-0.25, -0.2) is 10.5 Å². The molecule has 0 atom stereocenters. The van der Waals surface area contributed by atoms with E-state index in [2.05, 4.69) is 167 Å². The number of halogens is 6. The van der Waals surface area contributed by atoms with Crippen molar-refractivity contribution in [3.05, 3.63) is 433 Å². The second-order valence-electron chi connectivity index (χ2n) is 35.2. The smallest absolute Gasteiger partial charge is 0.418 e. The third-order valence-corrected chi connectivity index (χ3v) is 23.3. The largest absolute Gasteiger partial charge is 2.00 e. The summed E-state index contributed by atoms with van der Waals surface area (Å²) in [5.74, 6) is 5.99. The van der Waals surface area contributed by atoms with Gasteiger partial charge in [0.25, 0.3) is 5.82 Å². The normalized spacial score (nSPS) is 11.3. The van der Waals surface area contributed by atoms with Crippen LogP contribution in [-0.2, 0) is 145 Å². The summed E-state index contributed by atoms with van der Waals surface area (Å²) in [5, 5.41) is 18.2. The molecule has 0 fully saturated rings. The van der Waals surface area contributed by atoms with Crippen LogP contribution in [0.4, 0.5) is 38.0 Å². The van der Waals surface area contributed by atoms with Crippen molar-refractivity contribution in [3.8, 4) is 70.3 Å². The van der Waals surface area contributed by atoms with Crippen LogP contribution in [0.3, 0.4) is 0 Å². The van der Waals surface area contributed by atoms with Crippen LogP contribution in [-0.4, -0.2) is 145 Å². The molecule has 20 heterocycles. The molecular formula is C105H82F6N34Pt5. The van der Waals surface area contributed by atoms with Gasteiger partial charge >= 0.3 is 123 Å². The maximum Gasteiger partial charge on any atom is 2.00 e. The summed E-state index contributed by atoms with van der Waals surface area (Å²) in [6, 6.07) is 59.4. The van der Waals surface area contributed by atoms with E-state index in [1.54, 1.807) is 72.0 Å². The number of rotatable bonds is 20. The van der Waals surface area contributed by atoms with Gasteiger partial charge in [0.1, 0.15) is 5.82 Å². The molecule has 34 nitrogen and oxygen atoms in total. The zero-order valence-corrected chi connectivity index (χ0v) is 93.0. The van der Waals surface area contributed by atoms with E-state index in [-0.39, 0.29) is 139 Å². The number of alkyl halides is 6. The van der Waals surface area contributed by atoms with Crippen LogP contribution in [0.15, 0.2) is 244 Å². The molecule has 0 aromatic carbocycles. The molecule has 0 amide bonds. The fourth-order valence-electron chi connectivity index (χ4n) is 14.9. The third kappa shape index (κ3) is 25.4. The van der Waals surface area contributed by atoms with Crippen molar-refractivity contribution in [2.45, 2.75) is 136 Å². The molecule has 0 spiro atoms. The summed E-state index contributed by atoms with van der Waals surface area (Å²) in [5.41, 5.74) is 7.09. The number of nitriles is 2. The predicted molar refractivity (Wildman–Crippen MR) is 513 cm³/mol. The van der Waals surface area contributed by atoms with E-state index < -0.39 is 40.0 Å². The van der Waals surface area contributed by atoms with E-state index in [4.69, 9.17) is 58.3 Å². The molecule has 20 aromatic rings. The van der Waals surface area contributed by atoms with E-state index >= 15 is 0 Å². The average Bonchev–Trinajstić information content (AvgIpc) is 1.35. The number of imidazole rings is 10. The summed E-state index contributed by atoms with van der Waals surface area (Å²) in [4.78, 5) is 92.7. The van der Waals surface area contributed by atoms with Crippen LogP contribution in [0, 0.1) is 127 Å². The van der Waals surface area contributed by atoms with E-state index in [1.807, 2.05) is 226 Å². The second-order valence-corrected chi connectivity index (χ2v) is 35.2. The molecule has 150 heavy (non-hydrogen) atoms. The van der Waals surface area contributed by atoms with E-state index in [0.717, 1.165) is 91.6 Å². The Morgan fingerprint density at radius 2 is 0.527 bits per heavy atom. The Hall–Kier alpha value is -15.4. The van der Waals surface area contributed by atoms with E-state index in [0.29, 0.717) is 67.7 Å². The van der Waals surface area contributed by atoms with E-state index in [1.165, 1.54) is 45.8 Å². The van der Waals surface area contributed by atoms with Crippen molar-refractivity contribution < 1.29 is 132 Å². The Labute approximate surface area is 930 Å². The average molecular weight is 2910 g/mol. The van der Waals surface area contributed by atoms with Crippen LogP contribution in [0.1, 0.15) is 172 Å². The van der Waals surface area contributed by atoms with Gasteiger partial charge in [0, 0.05) is 164 Å². The van der Waals surface area contributed by atoms with Gasteiger partial charge in [0.15, 0.2) is 12.7 Å². The molecule has 0 unspecified atom stereocenters. The van der Waals surface area contributed by atoms with Crippen LogP contribution in [0.5, 0.6) is 0 Å². The van der Waals surface area contributed by atoms with Gasteiger partial charge in [0.2, 0.25) is 0 Å². The van der Waals surface area contributed by atoms with Crippen molar-refractivity contribution in [2.75, 3.05) is 0 Å². The number of aryl methyl sites for hydroxylation is 4. The molecule has 45 heteroatoms. The van der Waals surface area contributed by atoms with Crippen LogP contribution in [0.2, 0.25) is 0 Å². The van der Waals surface area contributed by atoms with Gasteiger partial charge in [0.05, 0.1) is 64.5 Å². The maximum absolute atomic E-state index is 13.3. The molecule has 0 radical (unpaired) electrons. The monoisotopic (exact) mass is 2910 g/mol. The Kier molecular flexibility index (Phi) is 37.0. The molecule has 764 valence electrons. The first-order chi connectivity index (χ1) is 69.3. The minimum Gasteiger partial charge on any atom is -0.418 e. The van der Waals surface area contributed by atoms with Gasteiger partial charge in [-0.2, -0.15) is 26.3 Å². The molecular weight excluding hydrogens is 2830 g/mol. The summed E-state index contributed by atoms with van der Waals surface area (Å²) in [7, 11) is 0. The third-order valence-electron chi connectivity index (χ3n) is 23.3. The molecule has 0 bridgehead atoms. The van der Waals surface area contributed by atoms with Crippen molar-refractivity contribution >= 4 is 11.6 Å². The quantitative estimate of drug-likeness (QED) is 0.0505. The van der Waals surface area contributed by atoms with E-state index in [9.17, 15) is 31.6 Å². The molecule has 0 saturated carbocycles. The van der Waals surface area contributed by atoms with Gasteiger partial charge < -0.3 is 95.6 Å². The molecule has 0 aliphatic carbocycles. The first kappa shape index (κ1) is 115. The van der Waals surface area contributed by atoms with Crippen molar-refractivity contribution in [1.29, 1.82) is 10.5 Å². The first-order valence-corrected chi connectivity index (χ1v) is 44.3. The van der Waals surface area contributed by atoms with Crippen molar-refractivity contribution in [3.63, 3.8) is 0 Å². The van der Waals surface area contributed by atoms with Gasteiger partial charge in [-0.05, 0) is 142 Å². The molecule has 20 rings (SSSR count). The summed E-state index contributed by atoms with van der Waals surface area (Å²) >= 11 is 0. The number of hydrogen-bond acceptors (Lipinski definition) is 22. The molecule has 0 N–H and O–H groups in total.